The molecular formula is C20H29N5O4. The van der Waals surface area contributed by atoms with Gasteiger partial charge in [0, 0.05) is 64.0 Å². The summed E-state index contributed by atoms with van der Waals surface area (Å²) in [4.78, 5) is 38.9. The van der Waals surface area contributed by atoms with Gasteiger partial charge < -0.3 is 24.2 Å². The van der Waals surface area contributed by atoms with Crippen molar-refractivity contribution in [2.75, 3.05) is 59.1 Å². The van der Waals surface area contributed by atoms with Crippen molar-refractivity contribution in [2.45, 2.75) is 19.3 Å². The van der Waals surface area contributed by atoms with Crippen molar-refractivity contribution in [2.24, 2.45) is 11.8 Å². The molecule has 3 aliphatic rings. The molecule has 4 rings (SSSR count). The number of ether oxygens (including phenoxy) is 2. The second kappa shape index (κ2) is 9.39. The number of hydrogen-bond donors (Lipinski definition) is 0. The summed E-state index contributed by atoms with van der Waals surface area (Å²) >= 11 is 0. The number of likely N-dealkylation sites (tertiary alicyclic amines) is 2. The van der Waals surface area contributed by atoms with Crippen LogP contribution in [0.25, 0.3) is 0 Å². The molecule has 3 amide bonds. The fourth-order valence-corrected chi connectivity index (χ4v) is 4.27. The van der Waals surface area contributed by atoms with E-state index < -0.39 is 0 Å². The minimum atomic E-state index is 0.129. The molecule has 1 unspecified atom stereocenters. The Bertz CT molecular complexity index is 689. The van der Waals surface area contributed by atoms with Gasteiger partial charge in [-0.2, -0.15) is 0 Å². The molecule has 0 aliphatic carbocycles. The Morgan fingerprint density at radius 3 is 2.48 bits per heavy atom. The number of amides is 3. The van der Waals surface area contributed by atoms with Crippen LogP contribution in [0.2, 0.25) is 0 Å². The van der Waals surface area contributed by atoms with E-state index in [4.69, 9.17) is 9.47 Å². The van der Waals surface area contributed by atoms with Crippen molar-refractivity contribution in [3.63, 3.8) is 0 Å². The van der Waals surface area contributed by atoms with E-state index in [-0.39, 0.29) is 17.9 Å². The third-order valence-electron chi connectivity index (χ3n) is 5.93. The molecule has 1 aromatic rings. The average molecular weight is 403 g/mol. The molecule has 3 fully saturated rings. The minimum absolute atomic E-state index is 0.129. The highest BCUT2D eigenvalue weighted by Gasteiger charge is 2.33. The molecule has 9 nitrogen and oxygen atoms in total. The van der Waals surface area contributed by atoms with E-state index in [1.807, 2.05) is 14.7 Å². The number of carbonyl (C=O) groups excluding carboxylic acids is 2. The van der Waals surface area contributed by atoms with Crippen LogP contribution in [0.4, 0.5) is 4.79 Å². The number of nitrogens with zero attached hydrogens (tertiary/aromatic N) is 5. The molecule has 0 saturated carbocycles. The summed E-state index contributed by atoms with van der Waals surface area (Å²) < 4.78 is 10.9. The van der Waals surface area contributed by atoms with Crippen molar-refractivity contribution in [3.05, 3.63) is 18.5 Å². The average Bonchev–Trinajstić information content (AvgIpc) is 3.13. The zero-order valence-electron chi connectivity index (χ0n) is 16.7. The molecule has 3 aliphatic heterocycles. The Labute approximate surface area is 171 Å². The van der Waals surface area contributed by atoms with Gasteiger partial charge in [0.25, 0.3) is 0 Å². The van der Waals surface area contributed by atoms with E-state index in [1.54, 1.807) is 18.5 Å². The Balaban J connectivity index is 1.19. The summed E-state index contributed by atoms with van der Waals surface area (Å²) in [5, 5.41) is 0. The Kier molecular flexibility index (Phi) is 6.43. The number of piperidine rings is 1. The summed E-state index contributed by atoms with van der Waals surface area (Å²) in [5.41, 5.74) is 0. The number of carbonyl (C=O) groups is 2. The predicted molar refractivity (Wildman–Crippen MR) is 104 cm³/mol. The largest absolute Gasteiger partial charge is 0.463 e. The Morgan fingerprint density at radius 2 is 1.76 bits per heavy atom. The lowest BCUT2D eigenvalue weighted by Crippen LogP contribution is -2.51. The maximum absolute atomic E-state index is 12.6. The normalized spacial score (nSPS) is 23.5. The lowest BCUT2D eigenvalue weighted by molar-refractivity contribution is -0.128. The molecule has 1 atom stereocenters. The summed E-state index contributed by atoms with van der Waals surface area (Å²) in [6.07, 6.45) is 5.69. The Morgan fingerprint density at radius 1 is 1.07 bits per heavy atom. The van der Waals surface area contributed by atoms with Crippen LogP contribution in [0, 0.1) is 11.8 Å². The minimum Gasteiger partial charge on any atom is -0.463 e. The second-order valence-corrected chi connectivity index (χ2v) is 8.02. The van der Waals surface area contributed by atoms with E-state index in [1.165, 1.54) is 0 Å². The third-order valence-corrected chi connectivity index (χ3v) is 5.93. The van der Waals surface area contributed by atoms with Gasteiger partial charge in [-0.15, -0.1) is 0 Å². The van der Waals surface area contributed by atoms with Crippen molar-refractivity contribution >= 4 is 11.9 Å². The van der Waals surface area contributed by atoms with Crippen molar-refractivity contribution < 1.29 is 19.1 Å². The maximum atomic E-state index is 12.6. The van der Waals surface area contributed by atoms with Crippen molar-refractivity contribution in [3.8, 4) is 6.01 Å². The second-order valence-electron chi connectivity index (χ2n) is 8.02. The molecule has 3 saturated heterocycles. The van der Waals surface area contributed by atoms with Gasteiger partial charge in [0.2, 0.25) is 5.91 Å². The number of rotatable bonds is 5. The molecule has 0 N–H and O–H groups in total. The summed E-state index contributed by atoms with van der Waals surface area (Å²) in [7, 11) is 0. The van der Waals surface area contributed by atoms with Crippen LogP contribution in [0.3, 0.4) is 0 Å². The summed E-state index contributed by atoms with van der Waals surface area (Å²) in [6.45, 7) is 6.09. The fourth-order valence-electron chi connectivity index (χ4n) is 4.27. The number of urea groups is 1. The first-order chi connectivity index (χ1) is 14.2. The SMILES string of the molecule is O=C1CC(COc2ncccn2)CN1CC1CCN(C(=O)N2CCOCC2)CC1. The number of morpholine rings is 1. The van der Waals surface area contributed by atoms with Crippen LogP contribution >= 0.6 is 0 Å². The zero-order valence-corrected chi connectivity index (χ0v) is 16.7. The molecule has 0 bridgehead atoms. The highest BCUT2D eigenvalue weighted by atomic mass is 16.5. The van der Waals surface area contributed by atoms with Crippen molar-refractivity contribution in [1.82, 2.24) is 24.7 Å². The van der Waals surface area contributed by atoms with E-state index in [0.29, 0.717) is 51.3 Å². The highest BCUT2D eigenvalue weighted by Crippen LogP contribution is 2.24. The van der Waals surface area contributed by atoms with E-state index in [0.717, 1.165) is 39.0 Å². The van der Waals surface area contributed by atoms with E-state index >= 15 is 0 Å². The molecule has 0 aromatic carbocycles. The first-order valence-corrected chi connectivity index (χ1v) is 10.5. The lowest BCUT2D eigenvalue weighted by atomic mass is 9.96. The fraction of sp³-hybridized carbons (Fsp3) is 0.700. The third kappa shape index (κ3) is 5.14. The van der Waals surface area contributed by atoms with Crippen molar-refractivity contribution in [1.29, 1.82) is 0 Å². The topological polar surface area (TPSA) is 88.1 Å². The molecule has 158 valence electrons. The number of hydrogen-bond acceptors (Lipinski definition) is 6. The quantitative estimate of drug-likeness (QED) is 0.725. The predicted octanol–water partition coefficient (Wildman–Crippen LogP) is 0.868. The monoisotopic (exact) mass is 403 g/mol. The standard InChI is InChI=1S/C20H29N5O4/c26-18-12-17(15-29-19-21-4-1-5-22-19)14-25(18)13-16-2-6-23(7-3-16)20(27)24-8-10-28-11-9-24/h1,4-5,16-17H,2-3,6-15H2. The molecule has 4 heterocycles. The van der Waals surface area contributed by atoms with Gasteiger partial charge in [0.15, 0.2) is 0 Å². The van der Waals surface area contributed by atoms with Gasteiger partial charge in [-0.05, 0) is 24.8 Å². The van der Waals surface area contributed by atoms with E-state index in [9.17, 15) is 9.59 Å². The highest BCUT2D eigenvalue weighted by molar-refractivity contribution is 5.78. The molecule has 0 radical (unpaired) electrons. The molecule has 9 heteroatoms. The van der Waals surface area contributed by atoms with Crippen LogP contribution in [-0.4, -0.2) is 95.7 Å². The van der Waals surface area contributed by atoms with Crippen LogP contribution < -0.4 is 4.74 Å². The first-order valence-electron chi connectivity index (χ1n) is 10.5. The van der Waals surface area contributed by atoms with Gasteiger partial charge in [-0.3, -0.25) is 4.79 Å². The molecule has 0 spiro atoms. The van der Waals surface area contributed by atoms with Gasteiger partial charge in [-0.25, -0.2) is 14.8 Å². The van der Waals surface area contributed by atoms with Gasteiger partial charge in [0.05, 0.1) is 19.8 Å². The Hall–Kier alpha value is -2.42. The number of aromatic nitrogens is 2. The van der Waals surface area contributed by atoms with Gasteiger partial charge >= 0.3 is 12.0 Å². The molecular weight excluding hydrogens is 374 g/mol. The first kappa shape index (κ1) is 19.9. The summed E-state index contributed by atoms with van der Waals surface area (Å²) in [6, 6.07) is 2.23. The molecule has 29 heavy (non-hydrogen) atoms. The van der Waals surface area contributed by atoms with Crippen LogP contribution in [0.1, 0.15) is 19.3 Å². The van der Waals surface area contributed by atoms with Gasteiger partial charge in [-0.1, -0.05) is 0 Å². The summed E-state index contributed by atoms with van der Waals surface area (Å²) in [5.74, 6) is 0.818. The molecule has 1 aromatic heterocycles. The van der Waals surface area contributed by atoms with Crippen LogP contribution in [-0.2, 0) is 9.53 Å². The van der Waals surface area contributed by atoms with Crippen LogP contribution in [0.15, 0.2) is 18.5 Å². The zero-order chi connectivity index (χ0) is 20.1. The van der Waals surface area contributed by atoms with Gasteiger partial charge in [0.1, 0.15) is 0 Å². The van der Waals surface area contributed by atoms with Crippen LogP contribution in [0.5, 0.6) is 6.01 Å². The lowest BCUT2D eigenvalue weighted by Gasteiger charge is -2.37. The maximum Gasteiger partial charge on any atom is 0.320 e. The smallest absolute Gasteiger partial charge is 0.320 e. The van der Waals surface area contributed by atoms with E-state index in [2.05, 4.69) is 9.97 Å².